The molecule has 1 spiro atoms. The molecule has 6 rings (SSSR count). The summed E-state index contributed by atoms with van der Waals surface area (Å²) in [5.74, 6) is 1.76. The molecule has 2 fully saturated rings. The Kier molecular flexibility index (Phi) is 7.87. The van der Waals surface area contributed by atoms with E-state index < -0.39 is 15.0 Å². The first-order valence-corrected chi connectivity index (χ1v) is 13.0. The van der Waals surface area contributed by atoms with E-state index >= 15 is 0 Å². The predicted octanol–water partition coefficient (Wildman–Crippen LogP) is -0.758. The van der Waals surface area contributed by atoms with Gasteiger partial charge in [-0.1, -0.05) is 12.1 Å². The number of methoxy groups -OCH3 is 2. The third-order valence-corrected chi connectivity index (χ3v) is 8.88. The Morgan fingerprint density at radius 2 is 1.94 bits per heavy atom. The first-order chi connectivity index (χ1) is 16.6. The summed E-state index contributed by atoms with van der Waals surface area (Å²) in [6, 6.07) is 8.28. The van der Waals surface area contributed by atoms with Crippen molar-refractivity contribution in [2.45, 2.75) is 48.1 Å². The molecule has 2 heterocycles. The molecule has 188 valence electrons. The Bertz CT molecular complexity index is 1300. The minimum Gasteiger partial charge on any atom is -0.744 e. The topological polar surface area (TPSA) is 125 Å². The maximum Gasteiger partial charge on any atom is 1.00 e. The maximum atomic E-state index is 12.6. The molecule has 1 saturated carbocycles. The van der Waals surface area contributed by atoms with Crippen molar-refractivity contribution in [3.05, 3.63) is 41.5 Å². The van der Waals surface area contributed by atoms with E-state index in [2.05, 4.69) is 22.8 Å². The van der Waals surface area contributed by atoms with Gasteiger partial charge in [-0.25, -0.2) is 8.42 Å². The van der Waals surface area contributed by atoms with Crippen LogP contribution < -0.4 is 65.6 Å². The van der Waals surface area contributed by atoms with Gasteiger partial charge in [0.1, 0.15) is 15.0 Å². The molecule has 0 amide bonds. The third kappa shape index (κ3) is 4.21. The molecule has 1 saturated heterocycles. The number of ether oxygens (including phenoxy) is 3. The zero-order valence-electron chi connectivity index (χ0n) is 20.8. The molecule has 0 unspecified atom stereocenters. The van der Waals surface area contributed by atoms with Gasteiger partial charge in [0.05, 0.1) is 14.2 Å². The normalized spacial score (nSPS) is 27.6. The summed E-state index contributed by atoms with van der Waals surface area (Å²) in [5, 5.41) is 9.13. The van der Waals surface area contributed by atoms with Gasteiger partial charge in [-0.15, -0.1) is 0 Å². The summed E-state index contributed by atoms with van der Waals surface area (Å²) in [5.41, 5.74) is 2.57. The van der Waals surface area contributed by atoms with E-state index in [0.717, 1.165) is 43.4 Å². The fourth-order valence-electron chi connectivity index (χ4n) is 6.58. The number of Topliss-reactive ketones (excluding diaryl/α,β-unsaturated/α-hetero) is 1. The number of hydrogen-bond acceptors (Lipinski definition) is 9. The number of likely N-dealkylation sites (tertiary alicyclic amines) is 1. The van der Waals surface area contributed by atoms with Crippen molar-refractivity contribution in [1.82, 2.24) is 4.90 Å². The van der Waals surface area contributed by atoms with Crippen molar-refractivity contribution >= 4 is 15.9 Å². The summed E-state index contributed by atoms with van der Waals surface area (Å²) < 4.78 is 48.2. The van der Waals surface area contributed by atoms with Gasteiger partial charge in [0.15, 0.2) is 34.9 Å². The molecule has 2 bridgehead atoms. The van der Waals surface area contributed by atoms with Crippen LogP contribution in [0.5, 0.6) is 23.0 Å². The van der Waals surface area contributed by atoms with Crippen LogP contribution >= 0.6 is 0 Å². The Labute approximate surface area is 253 Å². The number of likely N-dealkylation sites (N-methyl/N-ethyl adjacent to an activating group) is 1. The first-order valence-electron chi connectivity index (χ1n) is 11.5. The predicted molar refractivity (Wildman–Crippen MR) is 124 cm³/mol. The summed E-state index contributed by atoms with van der Waals surface area (Å²) in [6.07, 6.45) is 3.47. The van der Waals surface area contributed by atoms with E-state index in [4.69, 9.17) is 14.6 Å². The maximum absolute atomic E-state index is 12.6. The number of rotatable bonds is 3. The standard InChI is InChI=1S/C18H21NO3.C7H8O5S.K/c1-19-8-7-18-11-4-5-13(20)17(18)22-16-14(21-2)6-3-10(15(16)18)9-12(11)19;1-12-7-5(8)3-2-4-6(7)13(9,10)11;/h3,6,11-12,17H,4-5,7-9H2,1-2H3;2-4,8H,1H3,(H,9,10,11);/q;;+1/p-1/t11-,12+,17-,18-;;/m0../s1. The second-order valence-corrected chi connectivity index (χ2v) is 10.9. The van der Waals surface area contributed by atoms with Crippen LogP contribution in [0.15, 0.2) is 35.2 Å². The summed E-state index contributed by atoms with van der Waals surface area (Å²) in [7, 11) is 0.479. The minimum atomic E-state index is -4.60. The van der Waals surface area contributed by atoms with Crippen LogP contribution in [0, 0.1) is 5.92 Å². The number of aromatic hydroxyl groups is 1. The molecule has 11 heteroatoms. The fraction of sp³-hybridized carbons (Fsp3) is 0.480. The van der Waals surface area contributed by atoms with Crippen LogP contribution in [0.1, 0.15) is 30.4 Å². The van der Waals surface area contributed by atoms with Crippen LogP contribution in [0.3, 0.4) is 0 Å². The number of phenolic OH excluding ortho intramolecular Hbond substituents is 1. The summed E-state index contributed by atoms with van der Waals surface area (Å²) in [6.45, 7) is 1.05. The quantitative estimate of drug-likeness (QED) is 0.394. The number of phenols is 1. The van der Waals surface area contributed by atoms with Crippen LogP contribution in [-0.2, 0) is 26.7 Å². The van der Waals surface area contributed by atoms with Gasteiger partial charge >= 0.3 is 51.4 Å². The third-order valence-electron chi connectivity index (χ3n) is 8.02. The van der Waals surface area contributed by atoms with Crippen LogP contribution in [0.4, 0.5) is 0 Å². The molecular formula is C25H28KNO8S. The van der Waals surface area contributed by atoms with Crippen LogP contribution in [0.2, 0.25) is 0 Å². The van der Waals surface area contributed by atoms with Crippen molar-refractivity contribution in [2.75, 3.05) is 27.8 Å². The zero-order chi connectivity index (χ0) is 25.1. The van der Waals surface area contributed by atoms with Crippen molar-refractivity contribution < 1.29 is 88.5 Å². The number of piperidine rings is 1. The zero-order valence-corrected chi connectivity index (χ0v) is 24.8. The van der Waals surface area contributed by atoms with Crippen LogP contribution in [-0.4, -0.2) is 68.7 Å². The molecule has 9 nitrogen and oxygen atoms in total. The number of benzene rings is 2. The van der Waals surface area contributed by atoms with E-state index in [-0.39, 0.29) is 80.2 Å². The first kappa shape index (κ1) is 27.8. The van der Waals surface area contributed by atoms with Gasteiger partial charge in [-0.2, -0.15) is 0 Å². The molecule has 2 aromatic rings. The van der Waals surface area contributed by atoms with Crippen LogP contribution in [0.25, 0.3) is 0 Å². The van der Waals surface area contributed by atoms with Gasteiger partial charge in [0.2, 0.25) is 0 Å². The van der Waals surface area contributed by atoms with Crippen molar-refractivity contribution in [1.29, 1.82) is 0 Å². The van der Waals surface area contributed by atoms with E-state index in [1.165, 1.54) is 30.4 Å². The average molecular weight is 542 g/mol. The van der Waals surface area contributed by atoms with E-state index in [1.807, 2.05) is 6.07 Å². The smallest absolute Gasteiger partial charge is 0.744 e. The second kappa shape index (κ2) is 10.2. The van der Waals surface area contributed by atoms with Crippen molar-refractivity contribution in [2.24, 2.45) is 5.92 Å². The van der Waals surface area contributed by atoms with Crippen molar-refractivity contribution in [3.8, 4) is 23.0 Å². The van der Waals surface area contributed by atoms with Gasteiger partial charge in [-0.05, 0) is 62.5 Å². The number of carbonyl (C=O) groups excluding carboxylic acids is 1. The Balaban J connectivity index is 0.000000189. The Morgan fingerprint density at radius 1 is 1.19 bits per heavy atom. The van der Waals surface area contributed by atoms with Gasteiger partial charge in [0.25, 0.3) is 0 Å². The number of nitrogens with zero attached hydrogens (tertiary/aromatic N) is 1. The SMILES string of the molecule is COc1c(O)cccc1S(=O)(=O)[O-].COc1ccc2c3c1O[C@H]1C(=O)CC[C@H]4[C@@H](C2)N(C)CC[C@]314.[K+]. The van der Waals surface area contributed by atoms with Gasteiger partial charge in [-0.3, -0.25) is 4.79 Å². The molecule has 1 N–H and O–H groups in total. The largest absolute Gasteiger partial charge is 1.00 e. The summed E-state index contributed by atoms with van der Waals surface area (Å²) >= 11 is 0. The molecule has 2 aliphatic carbocycles. The van der Waals surface area contributed by atoms with E-state index in [0.29, 0.717) is 18.4 Å². The molecule has 2 aromatic carbocycles. The van der Waals surface area contributed by atoms with Crippen molar-refractivity contribution in [3.63, 3.8) is 0 Å². The molecule has 2 aliphatic heterocycles. The summed E-state index contributed by atoms with van der Waals surface area (Å²) in [4.78, 5) is 14.6. The molecule has 0 radical (unpaired) electrons. The number of para-hydroxylation sites is 1. The molecule has 0 aromatic heterocycles. The number of carbonyl (C=O) groups is 1. The van der Waals surface area contributed by atoms with E-state index in [1.54, 1.807) is 7.11 Å². The molecule has 4 atom stereocenters. The molecule has 36 heavy (non-hydrogen) atoms. The van der Waals surface area contributed by atoms with E-state index in [9.17, 15) is 17.8 Å². The molecule has 4 aliphatic rings. The fourth-order valence-corrected chi connectivity index (χ4v) is 7.24. The monoisotopic (exact) mass is 541 g/mol. The Morgan fingerprint density at radius 3 is 2.58 bits per heavy atom. The molecular weight excluding hydrogens is 513 g/mol. The minimum absolute atomic E-state index is 0. The van der Waals surface area contributed by atoms with Gasteiger partial charge in [0, 0.05) is 23.4 Å². The average Bonchev–Trinajstić information content (AvgIpc) is 3.18. The Hall–Kier alpha value is -1.18. The second-order valence-electron chi connectivity index (χ2n) is 9.55. The number of ketones is 1. The number of hydrogen-bond donors (Lipinski definition) is 1. The van der Waals surface area contributed by atoms with Gasteiger partial charge < -0.3 is 28.8 Å².